The molecule has 0 bridgehead atoms. The summed E-state index contributed by atoms with van der Waals surface area (Å²) in [5.41, 5.74) is 3.65. The van der Waals surface area contributed by atoms with Crippen LogP contribution in [0.3, 0.4) is 0 Å². The summed E-state index contributed by atoms with van der Waals surface area (Å²) in [7, 11) is 0. The smallest absolute Gasteiger partial charge is 0.196 e. The van der Waals surface area contributed by atoms with Crippen molar-refractivity contribution in [1.82, 2.24) is 14.8 Å². The fourth-order valence-corrected chi connectivity index (χ4v) is 4.07. The maximum Gasteiger partial charge on any atom is 0.196 e. The molecule has 0 radical (unpaired) electrons. The summed E-state index contributed by atoms with van der Waals surface area (Å²) in [6, 6.07) is 21.7. The molecule has 0 atom stereocenters. The highest BCUT2D eigenvalue weighted by atomic mass is 32.2. The van der Waals surface area contributed by atoms with Gasteiger partial charge < -0.3 is 0 Å². The van der Waals surface area contributed by atoms with Gasteiger partial charge in [-0.15, -0.1) is 10.2 Å². The van der Waals surface area contributed by atoms with Gasteiger partial charge in [-0.2, -0.15) is 0 Å². The van der Waals surface area contributed by atoms with Gasteiger partial charge >= 0.3 is 0 Å². The van der Waals surface area contributed by atoms with E-state index in [1.165, 1.54) is 23.9 Å². The van der Waals surface area contributed by atoms with Crippen molar-refractivity contribution in [3.63, 3.8) is 0 Å². The molecule has 0 amide bonds. The lowest BCUT2D eigenvalue weighted by Gasteiger charge is -2.13. The lowest BCUT2D eigenvalue weighted by atomic mass is 10.1. The lowest BCUT2D eigenvalue weighted by Crippen LogP contribution is -2.05. The first-order valence-electron chi connectivity index (χ1n) is 9.23. The van der Waals surface area contributed by atoms with E-state index in [9.17, 15) is 8.78 Å². The number of rotatable bonds is 6. The van der Waals surface area contributed by atoms with Gasteiger partial charge in [-0.3, -0.25) is 4.57 Å². The van der Waals surface area contributed by atoms with Gasteiger partial charge in [0, 0.05) is 18.2 Å². The van der Waals surface area contributed by atoms with Crippen LogP contribution in [-0.2, 0) is 12.2 Å². The second-order valence-corrected chi connectivity index (χ2v) is 7.65. The zero-order chi connectivity index (χ0) is 20.2. The average Bonchev–Trinajstić information content (AvgIpc) is 3.11. The average molecular weight is 407 g/mol. The quantitative estimate of drug-likeness (QED) is 0.382. The van der Waals surface area contributed by atoms with Crippen molar-refractivity contribution in [2.24, 2.45) is 0 Å². The molecule has 1 heterocycles. The van der Waals surface area contributed by atoms with Crippen molar-refractivity contribution in [3.8, 4) is 5.69 Å². The van der Waals surface area contributed by atoms with Gasteiger partial charge in [0.1, 0.15) is 17.5 Å². The van der Waals surface area contributed by atoms with Gasteiger partial charge in [0.15, 0.2) is 5.16 Å². The predicted molar refractivity (Wildman–Crippen MR) is 111 cm³/mol. The molecule has 4 rings (SSSR count). The fraction of sp³-hybridized carbons (Fsp3) is 0.130. The number of thioether (sulfide) groups is 1. The molecule has 0 aliphatic carbocycles. The molecule has 0 saturated heterocycles. The number of benzene rings is 3. The molecule has 3 nitrogen and oxygen atoms in total. The minimum atomic E-state index is -0.579. The molecule has 0 fully saturated rings. The van der Waals surface area contributed by atoms with Crippen LogP contribution in [-0.4, -0.2) is 14.8 Å². The number of para-hydroxylation sites is 1. The van der Waals surface area contributed by atoms with Gasteiger partial charge in [-0.1, -0.05) is 66.4 Å². The van der Waals surface area contributed by atoms with E-state index >= 15 is 0 Å². The standard InChI is InChI=1S/C23H19F2N3S/c1-16-7-5-6-10-21(16)28-22(13-17-8-3-2-4-9-17)26-27-23(28)29-15-18-11-12-19(24)14-20(18)25/h2-12,14H,13,15H2,1H3. The van der Waals surface area contributed by atoms with E-state index in [1.807, 2.05) is 54.0 Å². The van der Waals surface area contributed by atoms with Crippen LogP contribution in [0.25, 0.3) is 5.69 Å². The van der Waals surface area contributed by atoms with Crippen LogP contribution >= 0.6 is 11.8 Å². The van der Waals surface area contributed by atoms with Crippen LogP contribution < -0.4 is 0 Å². The van der Waals surface area contributed by atoms with Crippen molar-refractivity contribution in [3.05, 3.63) is 107 Å². The van der Waals surface area contributed by atoms with Crippen LogP contribution in [0.5, 0.6) is 0 Å². The second-order valence-electron chi connectivity index (χ2n) is 6.71. The minimum absolute atomic E-state index is 0.335. The van der Waals surface area contributed by atoms with Crippen molar-refractivity contribution in [1.29, 1.82) is 0 Å². The summed E-state index contributed by atoms with van der Waals surface area (Å²) in [6.07, 6.45) is 0.633. The predicted octanol–water partition coefficient (Wildman–Crippen LogP) is 5.74. The van der Waals surface area contributed by atoms with Crippen LogP contribution in [0.2, 0.25) is 0 Å². The molecule has 0 N–H and O–H groups in total. The maximum atomic E-state index is 14.0. The highest BCUT2D eigenvalue weighted by Crippen LogP contribution is 2.28. The molecule has 0 saturated carbocycles. The van der Waals surface area contributed by atoms with Crippen LogP contribution in [0.1, 0.15) is 22.5 Å². The van der Waals surface area contributed by atoms with Gasteiger partial charge in [0.05, 0.1) is 5.69 Å². The number of hydrogen-bond donors (Lipinski definition) is 0. The number of nitrogens with zero attached hydrogens (tertiary/aromatic N) is 3. The fourth-order valence-electron chi connectivity index (χ4n) is 3.12. The Balaban J connectivity index is 1.69. The third-order valence-corrected chi connectivity index (χ3v) is 5.61. The lowest BCUT2D eigenvalue weighted by molar-refractivity contribution is 0.576. The molecular weight excluding hydrogens is 388 g/mol. The Bertz CT molecular complexity index is 1130. The normalized spacial score (nSPS) is 11.0. The first-order valence-corrected chi connectivity index (χ1v) is 10.2. The zero-order valence-corrected chi connectivity index (χ0v) is 16.7. The second kappa shape index (κ2) is 8.57. The van der Waals surface area contributed by atoms with E-state index in [4.69, 9.17) is 0 Å². The molecule has 0 aliphatic rings. The van der Waals surface area contributed by atoms with Gasteiger partial charge in [-0.05, 0) is 35.7 Å². The van der Waals surface area contributed by atoms with Crippen molar-refractivity contribution >= 4 is 11.8 Å². The maximum absolute atomic E-state index is 14.0. The van der Waals surface area contributed by atoms with E-state index in [-0.39, 0.29) is 0 Å². The van der Waals surface area contributed by atoms with Gasteiger partial charge in [0.2, 0.25) is 0 Å². The highest BCUT2D eigenvalue weighted by molar-refractivity contribution is 7.98. The minimum Gasteiger partial charge on any atom is -0.273 e. The number of aromatic nitrogens is 3. The molecule has 6 heteroatoms. The zero-order valence-electron chi connectivity index (χ0n) is 15.8. The first kappa shape index (κ1) is 19.3. The van der Waals surface area contributed by atoms with Crippen LogP contribution in [0.15, 0.2) is 78.0 Å². The SMILES string of the molecule is Cc1ccccc1-n1c(Cc2ccccc2)nnc1SCc1ccc(F)cc1F. The van der Waals surface area contributed by atoms with Gasteiger partial charge in [0.25, 0.3) is 0 Å². The Morgan fingerprint density at radius 2 is 1.66 bits per heavy atom. The first-order chi connectivity index (χ1) is 14.1. The van der Waals surface area contributed by atoms with E-state index in [0.717, 1.165) is 28.7 Å². The highest BCUT2D eigenvalue weighted by Gasteiger charge is 2.17. The molecule has 0 spiro atoms. The molecule has 1 aromatic heterocycles. The third-order valence-electron chi connectivity index (χ3n) is 4.63. The third kappa shape index (κ3) is 4.38. The Morgan fingerprint density at radius 3 is 2.41 bits per heavy atom. The molecule has 0 unspecified atom stereocenters. The van der Waals surface area contributed by atoms with Crippen molar-refractivity contribution in [2.75, 3.05) is 0 Å². The Kier molecular flexibility index (Phi) is 5.71. The van der Waals surface area contributed by atoms with E-state index in [2.05, 4.69) is 22.3 Å². The van der Waals surface area contributed by atoms with Gasteiger partial charge in [-0.25, -0.2) is 8.78 Å². The van der Waals surface area contributed by atoms with E-state index in [0.29, 0.717) is 22.9 Å². The number of hydrogen-bond acceptors (Lipinski definition) is 3. The molecule has 29 heavy (non-hydrogen) atoms. The summed E-state index contributed by atoms with van der Waals surface area (Å²) >= 11 is 1.38. The summed E-state index contributed by atoms with van der Waals surface area (Å²) < 4.78 is 29.2. The topological polar surface area (TPSA) is 30.7 Å². The van der Waals surface area contributed by atoms with Crippen LogP contribution in [0, 0.1) is 18.6 Å². The molecule has 0 aliphatic heterocycles. The van der Waals surface area contributed by atoms with Crippen LogP contribution in [0.4, 0.5) is 8.78 Å². The van der Waals surface area contributed by atoms with E-state index in [1.54, 1.807) is 0 Å². The monoisotopic (exact) mass is 407 g/mol. The Morgan fingerprint density at radius 1 is 0.897 bits per heavy atom. The molecule has 3 aromatic carbocycles. The van der Waals surface area contributed by atoms with E-state index < -0.39 is 11.6 Å². The molecule has 4 aromatic rings. The Labute approximate surface area is 172 Å². The summed E-state index contributed by atoms with van der Waals surface area (Å²) in [6.45, 7) is 2.04. The number of aryl methyl sites for hydroxylation is 1. The van der Waals surface area contributed by atoms with Crippen molar-refractivity contribution in [2.45, 2.75) is 24.3 Å². The summed E-state index contributed by atoms with van der Waals surface area (Å²) in [5.74, 6) is 0.0163. The summed E-state index contributed by atoms with van der Waals surface area (Å²) in [5, 5.41) is 9.46. The summed E-state index contributed by atoms with van der Waals surface area (Å²) in [4.78, 5) is 0. The van der Waals surface area contributed by atoms with Crippen molar-refractivity contribution < 1.29 is 8.78 Å². The molecule has 146 valence electrons. The molecular formula is C23H19F2N3S. The number of halogens is 2. The Hall–Kier alpha value is -2.99. The largest absolute Gasteiger partial charge is 0.273 e.